The quantitative estimate of drug-likeness (QED) is 0.906. The molecule has 2 heterocycles. The summed E-state index contributed by atoms with van der Waals surface area (Å²) in [5.74, 6) is 1.23. The molecular formula is C12H13ClN4O2S. The lowest BCUT2D eigenvalue weighted by atomic mass is 10.1. The van der Waals surface area contributed by atoms with Gasteiger partial charge in [-0.2, -0.15) is 4.98 Å². The fourth-order valence-electron chi connectivity index (χ4n) is 2.21. The Kier molecular flexibility index (Phi) is 3.39. The average Bonchev–Trinajstić information content (AvgIpc) is 2.99. The molecule has 1 aliphatic heterocycles. The van der Waals surface area contributed by atoms with Gasteiger partial charge in [-0.3, -0.25) is 5.10 Å². The van der Waals surface area contributed by atoms with Gasteiger partial charge in [0.2, 0.25) is 5.95 Å². The number of hydrogen-bond acceptors (Lipinski definition) is 5. The highest BCUT2D eigenvalue weighted by atomic mass is 35.5. The van der Waals surface area contributed by atoms with Crippen LogP contribution in [0.2, 0.25) is 5.02 Å². The van der Waals surface area contributed by atoms with Crippen molar-refractivity contribution in [3.8, 4) is 0 Å². The van der Waals surface area contributed by atoms with E-state index in [0.717, 1.165) is 0 Å². The summed E-state index contributed by atoms with van der Waals surface area (Å²) >= 11 is 6.04. The molecule has 8 heteroatoms. The van der Waals surface area contributed by atoms with Crippen LogP contribution in [-0.4, -0.2) is 35.1 Å². The third kappa shape index (κ3) is 2.78. The molecule has 2 aromatic rings. The van der Waals surface area contributed by atoms with Crippen LogP contribution >= 0.6 is 11.6 Å². The monoisotopic (exact) mass is 312 g/mol. The number of nitrogens with zero attached hydrogens (tertiary/aromatic N) is 2. The fourth-order valence-corrected chi connectivity index (χ4v) is 4.14. The van der Waals surface area contributed by atoms with Crippen molar-refractivity contribution >= 4 is 33.1 Å². The molecule has 0 bridgehead atoms. The molecule has 1 unspecified atom stereocenters. The second kappa shape index (κ2) is 5.06. The Bertz CT molecular complexity index is 729. The Morgan fingerprint density at radius 1 is 1.35 bits per heavy atom. The van der Waals surface area contributed by atoms with Gasteiger partial charge in [0.05, 0.1) is 22.2 Å². The van der Waals surface area contributed by atoms with Gasteiger partial charge in [0.25, 0.3) is 0 Å². The zero-order valence-electron chi connectivity index (χ0n) is 10.5. The fraction of sp³-hybridized carbons (Fsp3) is 0.333. The third-order valence-corrected chi connectivity index (χ3v) is 5.34. The summed E-state index contributed by atoms with van der Waals surface area (Å²) in [6.07, 6.45) is 0.586. The topological polar surface area (TPSA) is 87.7 Å². The number of aromatic amines is 1. The Hall–Kier alpha value is -1.60. The molecule has 2 N–H and O–H groups in total. The molecule has 0 saturated carbocycles. The maximum absolute atomic E-state index is 11.5. The van der Waals surface area contributed by atoms with Crippen molar-refractivity contribution in [1.82, 2.24) is 15.2 Å². The lowest BCUT2D eigenvalue weighted by Crippen LogP contribution is -2.05. The lowest BCUT2D eigenvalue weighted by Gasteiger charge is -2.03. The van der Waals surface area contributed by atoms with Crippen LogP contribution in [-0.2, 0) is 9.84 Å². The molecule has 6 nitrogen and oxygen atoms in total. The first-order valence-electron chi connectivity index (χ1n) is 6.18. The molecule has 20 heavy (non-hydrogen) atoms. The number of sulfone groups is 1. The number of rotatable bonds is 3. The molecule has 106 valence electrons. The molecule has 1 fully saturated rings. The summed E-state index contributed by atoms with van der Waals surface area (Å²) in [6.45, 7) is 0. The number of halogens is 1. The summed E-state index contributed by atoms with van der Waals surface area (Å²) in [5.41, 5.74) is 0.707. The predicted molar refractivity (Wildman–Crippen MR) is 77.1 cm³/mol. The zero-order valence-corrected chi connectivity index (χ0v) is 12.1. The molecule has 0 radical (unpaired) electrons. The van der Waals surface area contributed by atoms with Gasteiger partial charge in [-0.25, -0.2) is 8.42 Å². The number of anilines is 2. The van der Waals surface area contributed by atoms with E-state index in [1.54, 1.807) is 6.07 Å². The third-order valence-electron chi connectivity index (χ3n) is 3.24. The molecule has 1 aromatic carbocycles. The largest absolute Gasteiger partial charge is 0.322 e. The minimum Gasteiger partial charge on any atom is -0.322 e. The number of para-hydroxylation sites is 1. The highest BCUT2D eigenvalue weighted by Gasteiger charge is 2.31. The summed E-state index contributed by atoms with van der Waals surface area (Å²) in [4.78, 5) is 4.29. The van der Waals surface area contributed by atoms with Crippen molar-refractivity contribution in [3.63, 3.8) is 0 Å². The van der Waals surface area contributed by atoms with E-state index in [1.807, 2.05) is 18.2 Å². The van der Waals surface area contributed by atoms with Gasteiger partial charge >= 0.3 is 0 Å². The molecule has 0 amide bonds. The van der Waals surface area contributed by atoms with Gasteiger partial charge in [0.1, 0.15) is 5.82 Å². The summed E-state index contributed by atoms with van der Waals surface area (Å²) in [6, 6.07) is 7.27. The first-order valence-corrected chi connectivity index (χ1v) is 8.38. The smallest absolute Gasteiger partial charge is 0.246 e. The zero-order chi connectivity index (χ0) is 14.2. The second-order valence-corrected chi connectivity index (χ2v) is 7.38. The van der Waals surface area contributed by atoms with E-state index in [2.05, 4.69) is 20.5 Å². The normalized spacial score (nSPS) is 20.9. The predicted octanol–water partition coefficient (Wildman–Crippen LogP) is 2.10. The van der Waals surface area contributed by atoms with Crippen LogP contribution in [0.1, 0.15) is 18.2 Å². The van der Waals surface area contributed by atoms with E-state index in [1.165, 1.54) is 0 Å². The lowest BCUT2D eigenvalue weighted by molar-refractivity contribution is 0.601. The van der Waals surface area contributed by atoms with E-state index in [-0.39, 0.29) is 17.4 Å². The van der Waals surface area contributed by atoms with E-state index in [0.29, 0.717) is 28.9 Å². The van der Waals surface area contributed by atoms with Gasteiger partial charge in [-0.15, -0.1) is 5.10 Å². The molecule has 1 aliphatic rings. The standard InChI is InChI=1S/C12H13ClN4O2S/c13-9-3-1-2-4-10(9)14-12-15-11(16-17-12)8-5-6-20(18,19)7-8/h1-4,8H,5-7H2,(H2,14,15,16,17). The minimum absolute atomic E-state index is 0.103. The van der Waals surface area contributed by atoms with Crippen LogP contribution in [0.3, 0.4) is 0 Å². The Balaban J connectivity index is 1.76. The van der Waals surface area contributed by atoms with Crippen molar-refractivity contribution in [2.75, 3.05) is 16.8 Å². The highest BCUT2D eigenvalue weighted by molar-refractivity contribution is 7.91. The van der Waals surface area contributed by atoms with Crippen molar-refractivity contribution in [2.45, 2.75) is 12.3 Å². The number of H-pyrrole nitrogens is 1. The van der Waals surface area contributed by atoms with Crippen LogP contribution in [0.25, 0.3) is 0 Å². The number of aromatic nitrogens is 3. The van der Waals surface area contributed by atoms with E-state index < -0.39 is 9.84 Å². The SMILES string of the molecule is O=S1(=O)CCC(c2nc(Nc3ccccc3Cl)n[nH]2)C1. The van der Waals surface area contributed by atoms with Gasteiger partial charge in [0.15, 0.2) is 9.84 Å². The highest BCUT2D eigenvalue weighted by Crippen LogP contribution is 2.28. The van der Waals surface area contributed by atoms with Gasteiger partial charge in [-0.1, -0.05) is 23.7 Å². The Labute approximate surface area is 121 Å². The molecule has 0 spiro atoms. The maximum atomic E-state index is 11.5. The Morgan fingerprint density at radius 2 is 2.15 bits per heavy atom. The Morgan fingerprint density at radius 3 is 2.85 bits per heavy atom. The van der Waals surface area contributed by atoms with Crippen LogP contribution in [0.5, 0.6) is 0 Å². The minimum atomic E-state index is -2.93. The summed E-state index contributed by atoms with van der Waals surface area (Å²) < 4.78 is 22.9. The van der Waals surface area contributed by atoms with Gasteiger partial charge in [0, 0.05) is 5.92 Å². The van der Waals surface area contributed by atoms with E-state index in [9.17, 15) is 8.42 Å². The van der Waals surface area contributed by atoms with E-state index >= 15 is 0 Å². The van der Waals surface area contributed by atoms with Crippen LogP contribution in [0.15, 0.2) is 24.3 Å². The summed E-state index contributed by atoms with van der Waals surface area (Å²) in [7, 11) is -2.93. The average molecular weight is 313 g/mol. The first-order chi connectivity index (χ1) is 9.53. The molecule has 1 atom stereocenters. The van der Waals surface area contributed by atoms with Gasteiger partial charge in [-0.05, 0) is 18.6 Å². The first kappa shape index (κ1) is 13.4. The molecule has 0 aliphatic carbocycles. The number of hydrogen-bond donors (Lipinski definition) is 2. The van der Waals surface area contributed by atoms with E-state index in [4.69, 9.17) is 11.6 Å². The molecular weight excluding hydrogens is 300 g/mol. The van der Waals surface area contributed by atoms with Crippen molar-refractivity contribution in [3.05, 3.63) is 35.1 Å². The number of nitrogens with one attached hydrogen (secondary N) is 2. The maximum Gasteiger partial charge on any atom is 0.246 e. The molecule has 1 aromatic heterocycles. The summed E-state index contributed by atoms with van der Waals surface area (Å²) in [5, 5.41) is 10.4. The van der Waals surface area contributed by atoms with Crippen LogP contribution in [0.4, 0.5) is 11.6 Å². The molecule has 1 saturated heterocycles. The van der Waals surface area contributed by atoms with Crippen molar-refractivity contribution in [2.24, 2.45) is 0 Å². The van der Waals surface area contributed by atoms with Crippen molar-refractivity contribution < 1.29 is 8.42 Å². The van der Waals surface area contributed by atoms with Gasteiger partial charge < -0.3 is 5.32 Å². The van der Waals surface area contributed by atoms with Crippen molar-refractivity contribution in [1.29, 1.82) is 0 Å². The van der Waals surface area contributed by atoms with Crippen LogP contribution in [0, 0.1) is 0 Å². The van der Waals surface area contributed by atoms with Crippen LogP contribution < -0.4 is 5.32 Å². The second-order valence-electron chi connectivity index (χ2n) is 4.75. The molecule has 3 rings (SSSR count). The number of benzene rings is 1.